The molecule has 0 aliphatic carbocycles. The fourth-order valence-corrected chi connectivity index (χ4v) is 4.53. The Morgan fingerprint density at radius 3 is 3.00 bits per heavy atom. The number of thiophene rings is 1. The highest BCUT2D eigenvalue weighted by Crippen LogP contribution is 2.46. The Morgan fingerprint density at radius 1 is 1.62 bits per heavy atom. The number of ether oxygens (including phenoxy) is 1. The van der Waals surface area contributed by atoms with Crippen molar-refractivity contribution in [1.82, 2.24) is 10.2 Å². The third kappa shape index (κ3) is 2.15. The highest BCUT2D eigenvalue weighted by Gasteiger charge is 2.35. The third-order valence-electron chi connectivity index (χ3n) is 3.51. The second-order valence-corrected chi connectivity index (χ2v) is 6.79. The molecule has 21 heavy (non-hydrogen) atoms. The molecule has 3 rings (SSSR count). The molecule has 2 aromatic rings. The normalized spacial score (nSPS) is 17.3. The average molecular weight is 365 g/mol. The topological polar surface area (TPSA) is 87.7 Å². The first-order valence-electron chi connectivity index (χ1n) is 6.47. The lowest BCUT2D eigenvalue weighted by Crippen LogP contribution is -2.20. The molecule has 1 aliphatic rings. The van der Waals surface area contributed by atoms with Crippen LogP contribution in [0.1, 0.15) is 33.9 Å². The van der Waals surface area contributed by atoms with Gasteiger partial charge in [-0.05, 0) is 35.3 Å². The molecule has 0 bridgehead atoms. The van der Waals surface area contributed by atoms with Gasteiger partial charge in [0.2, 0.25) is 11.8 Å². The van der Waals surface area contributed by atoms with Crippen molar-refractivity contribution in [3.05, 3.63) is 43.0 Å². The summed E-state index contributed by atoms with van der Waals surface area (Å²) in [4.78, 5) is 2.31. The van der Waals surface area contributed by atoms with Gasteiger partial charge in [-0.1, -0.05) is 6.92 Å². The molecule has 0 radical (unpaired) electrons. The number of nitrogens with one attached hydrogen (secondary N) is 1. The summed E-state index contributed by atoms with van der Waals surface area (Å²) in [7, 11) is 0. The molecule has 108 valence electrons. The van der Waals surface area contributed by atoms with E-state index in [-0.39, 0.29) is 11.8 Å². The van der Waals surface area contributed by atoms with Crippen LogP contribution in [0, 0.1) is 18.3 Å². The summed E-state index contributed by atoms with van der Waals surface area (Å²) in [6.07, 6.45) is 0.937. The monoisotopic (exact) mass is 364 g/mol. The van der Waals surface area contributed by atoms with Crippen LogP contribution in [0.4, 0.5) is 0 Å². The molecule has 0 amide bonds. The van der Waals surface area contributed by atoms with E-state index >= 15 is 0 Å². The largest absolute Gasteiger partial charge is 0.420 e. The number of hydrogen-bond donors (Lipinski definition) is 2. The van der Waals surface area contributed by atoms with Crippen LogP contribution in [-0.4, -0.2) is 10.2 Å². The fraction of sp³-hybridized carbons (Fsp3) is 0.286. The standard InChI is InChI=1S/C14H13BrN4OS/c1-3-9-8(15)4-10(21-9)12-7(5-16)13(17)20-14-11(12)6(2)18-19-14/h4,12H,3,17H2,1-2H3,(H,18,19)/t12-/m1/s1. The number of nitriles is 1. The van der Waals surface area contributed by atoms with E-state index < -0.39 is 0 Å². The zero-order valence-corrected chi connectivity index (χ0v) is 13.9. The van der Waals surface area contributed by atoms with Crippen LogP contribution >= 0.6 is 27.3 Å². The Balaban J connectivity index is 2.22. The van der Waals surface area contributed by atoms with Crippen molar-refractivity contribution in [2.75, 3.05) is 0 Å². The first-order valence-corrected chi connectivity index (χ1v) is 8.08. The van der Waals surface area contributed by atoms with Gasteiger partial charge in [0.1, 0.15) is 11.6 Å². The minimum atomic E-state index is -0.223. The fourth-order valence-electron chi connectivity index (χ4n) is 2.49. The molecular weight excluding hydrogens is 352 g/mol. The first kappa shape index (κ1) is 14.2. The van der Waals surface area contributed by atoms with E-state index in [4.69, 9.17) is 10.5 Å². The molecule has 0 aromatic carbocycles. The van der Waals surface area contributed by atoms with Gasteiger partial charge in [-0.2, -0.15) is 5.26 Å². The van der Waals surface area contributed by atoms with Crippen molar-refractivity contribution in [2.45, 2.75) is 26.2 Å². The van der Waals surface area contributed by atoms with Gasteiger partial charge < -0.3 is 10.5 Å². The summed E-state index contributed by atoms with van der Waals surface area (Å²) in [5, 5.41) is 16.5. The molecule has 1 atom stereocenters. The van der Waals surface area contributed by atoms with Crippen molar-refractivity contribution >= 4 is 27.3 Å². The summed E-state index contributed by atoms with van der Waals surface area (Å²) in [5.74, 6) is 0.361. The number of halogens is 1. The number of fused-ring (bicyclic) bond motifs is 1. The number of nitrogens with zero attached hydrogens (tertiary/aromatic N) is 2. The summed E-state index contributed by atoms with van der Waals surface area (Å²) in [6.45, 7) is 4.02. The zero-order chi connectivity index (χ0) is 15.1. The van der Waals surface area contributed by atoms with Crippen LogP contribution in [0.5, 0.6) is 5.88 Å². The Bertz CT molecular complexity index is 783. The molecule has 0 fully saturated rings. The van der Waals surface area contributed by atoms with Crippen LogP contribution in [0.2, 0.25) is 0 Å². The van der Waals surface area contributed by atoms with E-state index in [2.05, 4.69) is 45.2 Å². The van der Waals surface area contributed by atoms with Gasteiger partial charge in [0.25, 0.3) is 0 Å². The van der Waals surface area contributed by atoms with Crippen molar-refractivity contribution in [3.63, 3.8) is 0 Å². The maximum absolute atomic E-state index is 9.47. The highest BCUT2D eigenvalue weighted by molar-refractivity contribution is 9.10. The molecule has 1 aliphatic heterocycles. The molecule has 0 spiro atoms. The van der Waals surface area contributed by atoms with Crippen LogP contribution < -0.4 is 10.5 Å². The van der Waals surface area contributed by atoms with Crippen molar-refractivity contribution in [3.8, 4) is 11.9 Å². The van der Waals surface area contributed by atoms with E-state index in [1.165, 1.54) is 4.88 Å². The van der Waals surface area contributed by atoms with Gasteiger partial charge in [0.05, 0.1) is 11.5 Å². The number of aryl methyl sites for hydroxylation is 2. The predicted octanol–water partition coefficient (Wildman–Crippen LogP) is 3.32. The van der Waals surface area contributed by atoms with Crippen molar-refractivity contribution < 1.29 is 4.74 Å². The number of nitrogens with two attached hydrogens (primary N) is 1. The molecule has 3 heterocycles. The van der Waals surface area contributed by atoms with Crippen LogP contribution in [0.15, 0.2) is 22.0 Å². The van der Waals surface area contributed by atoms with Crippen LogP contribution in [0.3, 0.4) is 0 Å². The van der Waals surface area contributed by atoms with Gasteiger partial charge in [0.15, 0.2) is 0 Å². The van der Waals surface area contributed by atoms with Gasteiger partial charge >= 0.3 is 0 Å². The second kappa shape index (κ2) is 5.20. The third-order valence-corrected chi connectivity index (χ3v) is 5.83. The van der Waals surface area contributed by atoms with E-state index in [0.29, 0.717) is 11.5 Å². The van der Waals surface area contributed by atoms with E-state index in [1.54, 1.807) is 11.3 Å². The minimum Gasteiger partial charge on any atom is -0.420 e. The van der Waals surface area contributed by atoms with Crippen LogP contribution in [0.25, 0.3) is 0 Å². The lowest BCUT2D eigenvalue weighted by Gasteiger charge is -2.22. The van der Waals surface area contributed by atoms with Crippen molar-refractivity contribution in [1.29, 1.82) is 5.26 Å². The molecule has 0 saturated heterocycles. The maximum atomic E-state index is 9.47. The van der Waals surface area contributed by atoms with E-state index in [1.807, 2.05) is 6.92 Å². The number of hydrogen-bond acceptors (Lipinski definition) is 5. The predicted molar refractivity (Wildman–Crippen MR) is 84.0 cm³/mol. The summed E-state index contributed by atoms with van der Waals surface area (Å²) < 4.78 is 6.52. The van der Waals surface area contributed by atoms with Gasteiger partial charge in [-0.15, -0.1) is 16.4 Å². The molecular formula is C14H13BrN4OS. The van der Waals surface area contributed by atoms with Gasteiger partial charge in [-0.25, -0.2) is 0 Å². The first-order chi connectivity index (χ1) is 10.1. The molecule has 3 N–H and O–H groups in total. The lowest BCUT2D eigenvalue weighted by molar-refractivity contribution is 0.379. The molecule has 5 nitrogen and oxygen atoms in total. The number of aromatic nitrogens is 2. The average Bonchev–Trinajstić information content (AvgIpc) is 3.01. The smallest absolute Gasteiger partial charge is 0.244 e. The minimum absolute atomic E-state index is 0.129. The molecule has 2 aromatic heterocycles. The Morgan fingerprint density at radius 2 is 2.38 bits per heavy atom. The van der Waals surface area contributed by atoms with E-state index in [9.17, 15) is 5.26 Å². The van der Waals surface area contributed by atoms with E-state index in [0.717, 1.165) is 27.0 Å². The van der Waals surface area contributed by atoms with Crippen molar-refractivity contribution in [2.24, 2.45) is 5.73 Å². The molecule has 0 unspecified atom stereocenters. The highest BCUT2D eigenvalue weighted by atomic mass is 79.9. The Labute approximate surface area is 134 Å². The number of H-pyrrole nitrogens is 1. The summed E-state index contributed by atoms with van der Waals surface area (Å²) in [6, 6.07) is 4.24. The Hall–Kier alpha value is -1.78. The number of rotatable bonds is 2. The Kier molecular flexibility index (Phi) is 3.51. The number of allylic oxidation sites excluding steroid dienone is 1. The number of aromatic amines is 1. The SMILES string of the molecule is CCc1sc([C@H]2C(C#N)=C(N)Oc3n[nH]c(C)c32)cc1Br. The maximum Gasteiger partial charge on any atom is 0.244 e. The summed E-state index contributed by atoms with van der Waals surface area (Å²) in [5.41, 5.74) is 8.10. The van der Waals surface area contributed by atoms with Gasteiger partial charge in [-0.3, -0.25) is 5.10 Å². The molecule has 0 saturated carbocycles. The van der Waals surface area contributed by atoms with Crippen LogP contribution in [-0.2, 0) is 6.42 Å². The quantitative estimate of drug-likeness (QED) is 0.855. The lowest BCUT2D eigenvalue weighted by atomic mass is 9.89. The van der Waals surface area contributed by atoms with Gasteiger partial charge in [0, 0.05) is 19.9 Å². The summed E-state index contributed by atoms with van der Waals surface area (Å²) >= 11 is 5.25. The molecule has 7 heteroatoms. The zero-order valence-electron chi connectivity index (χ0n) is 11.5. The second-order valence-electron chi connectivity index (χ2n) is 4.77.